The molecule has 8 nitrogen and oxygen atoms in total. The second-order valence-corrected chi connectivity index (χ2v) is 14.2. The van der Waals surface area contributed by atoms with Gasteiger partial charge in [0.25, 0.3) is 5.91 Å². The molecule has 0 radical (unpaired) electrons. The number of carbonyl (C=O) groups excluding carboxylic acids is 1. The molecule has 2 saturated heterocycles. The number of nitrogens with one attached hydrogen (secondary N) is 1. The van der Waals surface area contributed by atoms with E-state index < -0.39 is 5.82 Å². The van der Waals surface area contributed by atoms with Crippen LogP contribution >= 0.6 is 11.6 Å². The summed E-state index contributed by atoms with van der Waals surface area (Å²) < 4.78 is 23.1. The van der Waals surface area contributed by atoms with E-state index in [4.69, 9.17) is 21.3 Å². The van der Waals surface area contributed by atoms with Gasteiger partial charge in [-0.05, 0) is 73.7 Å². The minimum absolute atomic E-state index is 0.00839. The van der Waals surface area contributed by atoms with Gasteiger partial charge in [-0.2, -0.15) is 9.97 Å². The summed E-state index contributed by atoms with van der Waals surface area (Å²) >= 11 is 6.63. The second kappa shape index (κ2) is 13.0. The third-order valence-corrected chi connectivity index (χ3v) is 10.8. The number of amides is 1. The number of hydrogen-bond donors (Lipinski definition) is 1. The van der Waals surface area contributed by atoms with Gasteiger partial charge in [-0.25, -0.2) is 4.39 Å². The lowest BCUT2D eigenvalue weighted by Crippen LogP contribution is -2.37. The molecule has 1 amide bonds. The molecule has 1 N–H and O–H groups in total. The van der Waals surface area contributed by atoms with Crippen LogP contribution in [-0.2, 0) is 0 Å². The number of ether oxygens (including phenoxy) is 1. The SMILES string of the molecule is C=Cc1cccc(C(=O)N[C@@H]2C[C@@H](COc3nc(N4CC5CCC(C5)C4)c4cnc(-c5cccc6cccc(Cl)c56)c(F)c4n3)N(C)C2)c1. The Kier molecular flexibility index (Phi) is 8.41. The van der Waals surface area contributed by atoms with Crippen LogP contribution in [0.2, 0.25) is 5.02 Å². The van der Waals surface area contributed by atoms with Crippen molar-refractivity contribution in [2.45, 2.75) is 37.8 Å². The van der Waals surface area contributed by atoms with Crippen LogP contribution in [0.4, 0.5) is 10.2 Å². The van der Waals surface area contributed by atoms with Crippen molar-refractivity contribution in [2.24, 2.45) is 11.8 Å². The third kappa shape index (κ3) is 6.10. The highest BCUT2D eigenvalue weighted by Gasteiger charge is 2.35. The number of benzene rings is 3. The number of carbonyl (C=O) groups is 1. The maximum absolute atomic E-state index is 16.7. The fraction of sp³-hybridized carbons (Fsp3) is 0.333. The van der Waals surface area contributed by atoms with Crippen molar-refractivity contribution < 1.29 is 13.9 Å². The summed E-state index contributed by atoms with van der Waals surface area (Å²) in [5, 5.41) is 5.92. The molecule has 4 heterocycles. The van der Waals surface area contributed by atoms with Crippen molar-refractivity contribution in [3.8, 4) is 17.3 Å². The monoisotopic (exact) mass is 676 g/mol. The zero-order valence-electron chi connectivity index (χ0n) is 27.4. The van der Waals surface area contributed by atoms with Gasteiger partial charge < -0.3 is 15.0 Å². The average Bonchev–Trinajstić information content (AvgIpc) is 3.65. The maximum Gasteiger partial charge on any atom is 0.319 e. The molecule has 2 aromatic heterocycles. The predicted molar refractivity (Wildman–Crippen MR) is 193 cm³/mol. The molecule has 3 aliphatic rings. The number of anilines is 1. The second-order valence-electron chi connectivity index (χ2n) is 13.7. The first-order valence-electron chi connectivity index (χ1n) is 17.0. The van der Waals surface area contributed by atoms with Crippen molar-refractivity contribution in [3.05, 3.63) is 95.4 Å². The summed E-state index contributed by atoms with van der Waals surface area (Å²) in [6, 6.07) is 18.8. The fourth-order valence-electron chi connectivity index (χ4n) is 8.01. The van der Waals surface area contributed by atoms with E-state index in [0.29, 0.717) is 58.8 Å². The molecule has 5 aromatic rings. The van der Waals surface area contributed by atoms with Gasteiger partial charge in [-0.3, -0.25) is 14.7 Å². The van der Waals surface area contributed by atoms with Crippen molar-refractivity contribution in [1.82, 2.24) is 25.2 Å². The van der Waals surface area contributed by atoms with E-state index in [-0.39, 0.29) is 35.2 Å². The first kappa shape index (κ1) is 31.7. The number of likely N-dealkylation sites (N-methyl/N-ethyl adjacent to an activating group) is 1. The standard InChI is InChI=1S/C39H38ClFN6O2/c1-3-23-7-4-10-27(16-23)38(48)43-28-17-29(46(2)21-28)22-49-39-44-36-31(37(45-39)47-19-24-13-14-25(15-24)20-47)18-42-35(34(36)41)30-11-5-8-26-9-6-12-32(40)33(26)30/h3-12,16,18,24-25,28-29H,1,13-15,17,19-22H2,2H3,(H,43,48)/t24?,25?,28-,29+/m1/s1. The minimum Gasteiger partial charge on any atom is -0.462 e. The number of piperidine rings is 1. The molecular formula is C39H38ClFN6O2. The molecule has 0 spiro atoms. The van der Waals surface area contributed by atoms with Crippen LogP contribution in [0.25, 0.3) is 39.0 Å². The Labute approximate surface area is 290 Å². The van der Waals surface area contributed by atoms with Crippen LogP contribution in [0.5, 0.6) is 6.01 Å². The highest BCUT2D eigenvalue weighted by molar-refractivity contribution is 6.36. The molecule has 1 saturated carbocycles. The fourth-order valence-corrected chi connectivity index (χ4v) is 8.30. The molecule has 3 aromatic carbocycles. The van der Waals surface area contributed by atoms with E-state index in [9.17, 15) is 4.79 Å². The summed E-state index contributed by atoms with van der Waals surface area (Å²) in [6.45, 7) is 6.51. The van der Waals surface area contributed by atoms with Crippen molar-refractivity contribution in [2.75, 3.05) is 38.2 Å². The number of fused-ring (bicyclic) bond motifs is 4. The Morgan fingerprint density at radius 1 is 1.06 bits per heavy atom. The quantitative estimate of drug-likeness (QED) is 0.183. The summed E-state index contributed by atoms with van der Waals surface area (Å²) in [5.74, 6) is 1.22. The van der Waals surface area contributed by atoms with Crippen LogP contribution in [0.15, 0.2) is 73.4 Å². The van der Waals surface area contributed by atoms with Gasteiger partial charge >= 0.3 is 6.01 Å². The highest BCUT2D eigenvalue weighted by Crippen LogP contribution is 2.41. The molecule has 1 aliphatic carbocycles. The lowest BCUT2D eigenvalue weighted by molar-refractivity contribution is 0.0938. The molecule has 10 heteroatoms. The first-order valence-corrected chi connectivity index (χ1v) is 17.4. The molecule has 4 atom stereocenters. The van der Waals surface area contributed by atoms with Crippen molar-refractivity contribution >= 4 is 51.1 Å². The Hall–Kier alpha value is -4.60. The van der Waals surface area contributed by atoms with Crippen molar-refractivity contribution in [1.29, 1.82) is 0 Å². The number of halogens is 2. The lowest BCUT2D eigenvalue weighted by Gasteiger charge is -2.33. The Bertz CT molecular complexity index is 2070. The molecule has 2 aliphatic heterocycles. The molecule has 2 unspecified atom stereocenters. The van der Waals surface area contributed by atoms with Crippen LogP contribution in [0, 0.1) is 17.7 Å². The van der Waals surface area contributed by atoms with E-state index in [1.807, 2.05) is 55.6 Å². The number of pyridine rings is 1. The number of nitrogens with zero attached hydrogens (tertiary/aromatic N) is 5. The van der Waals surface area contributed by atoms with E-state index in [2.05, 4.69) is 31.7 Å². The number of likely N-dealkylation sites (tertiary alicyclic amines) is 1. The predicted octanol–water partition coefficient (Wildman–Crippen LogP) is 7.40. The number of hydrogen-bond acceptors (Lipinski definition) is 7. The Morgan fingerprint density at radius 2 is 1.84 bits per heavy atom. The molecular weight excluding hydrogens is 639 g/mol. The minimum atomic E-state index is -0.528. The molecule has 49 heavy (non-hydrogen) atoms. The van der Waals surface area contributed by atoms with Gasteiger partial charge in [0.05, 0.1) is 5.39 Å². The average molecular weight is 677 g/mol. The zero-order valence-corrected chi connectivity index (χ0v) is 28.2. The van der Waals surface area contributed by atoms with Gasteiger partial charge in [0.1, 0.15) is 23.6 Å². The van der Waals surface area contributed by atoms with Gasteiger partial charge in [0.2, 0.25) is 0 Å². The van der Waals surface area contributed by atoms with E-state index in [1.165, 1.54) is 19.3 Å². The van der Waals surface area contributed by atoms with Gasteiger partial charge in [-0.1, -0.05) is 66.7 Å². The van der Waals surface area contributed by atoms with E-state index in [1.54, 1.807) is 24.4 Å². The topological polar surface area (TPSA) is 83.5 Å². The summed E-state index contributed by atoms with van der Waals surface area (Å²) in [5.41, 5.74) is 2.48. The summed E-state index contributed by atoms with van der Waals surface area (Å²) in [4.78, 5) is 31.7. The summed E-state index contributed by atoms with van der Waals surface area (Å²) in [6.07, 6.45) is 7.76. The van der Waals surface area contributed by atoms with Crippen LogP contribution in [0.3, 0.4) is 0 Å². The maximum atomic E-state index is 16.7. The summed E-state index contributed by atoms with van der Waals surface area (Å²) in [7, 11) is 2.02. The van der Waals surface area contributed by atoms with Gasteiger partial charge in [0, 0.05) is 59.5 Å². The van der Waals surface area contributed by atoms with Crippen LogP contribution in [-0.4, -0.2) is 71.1 Å². The lowest BCUT2D eigenvalue weighted by atomic mass is 9.98. The smallest absolute Gasteiger partial charge is 0.319 e. The van der Waals surface area contributed by atoms with Crippen molar-refractivity contribution in [3.63, 3.8) is 0 Å². The first-order chi connectivity index (χ1) is 23.8. The Morgan fingerprint density at radius 3 is 2.63 bits per heavy atom. The van der Waals surface area contributed by atoms with Crippen LogP contribution < -0.4 is 15.0 Å². The van der Waals surface area contributed by atoms with Gasteiger partial charge in [0.15, 0.2) is 5.82 Å². The zero-order chi connectivity index (χ0) is 33.6. The highest BCUT2D eigenvalue weighted by atomic mass is 35.5. The number of aromatic nitrogens is 3. The normalized spacial score (nSPS) is 22.1. The third-order valence-electron chi connectivity index (χ3n) is 10.5. The van der Waals surface area contributed by atoms with E-state index in [0.717, 1.165) is 29.4 Å². The molecule has 3 fully saturated rings. The Balaban J connectivity index is 1.09. The largest absolute Gasteiger partial charge is 0.462 e. The molecule has 250 valence electrons. The number of rotatable bonds is 8. The van der Waals surface area contributed by atoms with Crippen LogP contribution in [0.1, 0.15) is 41.6 Å². The van der Waals surface area contributed by atoms with Gasteiger partial charge in [-0.15, -0.1) is 0 Å². The van der Waals surface area contributed by atoms with E-state index >= 15 is 4.39 Å². The molecule has 2 bridgehead atoms. The molecule has 8 rings (SSSR count).